The highest BCUT2D eigenvalue weighted by molar-refractivity contribution is 5.90. The van der Waals surface area contributed by atoms with E-state index in [1.54, 1.807) is 0 Å². The van der Waals surface area contributed by atoms with E-state index < -0.39 is 72.6 Å². The van der Waals surface area contributed by atoms with Crippen molar-refractivity contribution in [3.8, 4) is 0 Å². The number of carbonyl (C=O) groups excluding carboxylic acids is 1. The Labute approximate surface area is 269 Å². The van der Waals surface area contributed by atoms with E-state index in [1.807, 2.05) is 13.8 Å². The lowest BCUT2D eigenvalue weighted by atomic mass is 9.42. The van der Waals surface area contributed by atoms with Crippen LogP contribution in [-0.2, 0) is 23.7 Å². The topological polar surface area (TPSA) is 199 Å². The van der Waals surface area contributed by atoms with E-state index in [1.165, 1.54) is 0 Å². The van der Waals surface area contributed by atoms with E-state index in [9.17, 15) is 40.5 Å². The molecule has 260 valence electrons. The number of hydrogen-bond donors (Lipinski definition) is 7. The van der Waals surface area contributed by atoms with Crippen LogP contribution in [0, 0.1) is 40.4 Å². The predicted octanol–water partition coefficient (Wildman–Crippen LogP) is 0.164. The molecule has 0 unspecified atom stereocenters. The molecule has 0 aromatic heterocycles. The zero-order valence-corrected chi connectivity index (χ0v) is 27.2. The maximum absolute atomic E-state index is 12.6. The fourth-order valence-corrected chi connectivity index (χ4v) is 11.6. The Morgan fingerprint density at radius 3 is 2.41 bits per heavy atom. The summed E-state index contributed by atoms with van der Waals surface area (Å²) in [6.07, 6.45) is -4.92. The first kappa shape index (κ1) is 33.3. The van der Waals surface area contributed by atoms with Crippen molar-refractivity contribution in [2.45, 2.75) is 139 Å². The summed E-state index contributed by atoms with van der Waals surface area (Å²) in [5.41, 5.74) is -1.01. The second-order valence-electron chi connectivity index (χ2n) is 16.1. The molecular weight excluding hydrogens is 600 g/mol. The van der Waals surface area contributed by atoms with Crippen molar-refractivity contribution in [3.63, 3.8) is 0 Å². The summed E-state index contributed by atoms with van der Waals surface area (Å²) in [6, 6.07) is 0. The Bertz CT molecular complexity index is 1240. The number of carbonyl (C=O) groups is 1. The van der Waals surface area contributed by atoms with Crippen LogP contribution in [0.2, 0.25) is 0 Å². The first-order valence-electron chi connectivity index (χ1n) is 17.2. The Kier molecular flexibility index (Phi) is 8.28. The molecule has 7 N–H and O–H groups in total. The lowest BCUT2D eigenvalue weighted by Gasteiger charge is -2.64. The maximum Gasteiger partial charge on any atom is 0.336 e. The van der Waals surface area contributed by atoms with Gasteiger partial charge in [-0.2, -0.15) is 0 Å². The van der Waals surface area contributed by atoms with E-state index >= 15 is 0 Å². The third kappa shape index (κ3) is 4.58. The number of ether oxygens (including phenoxy) is 4. The first-order valence-corrected chi connectivity index (χ1v) is 17.2. The van der Waals surface area contributed by atoms with Gasteiger partial charge in [0.05, 0.1) is 37.1 Å². The van der Waals surface area contributed by atoms with Gasteiger partial charge in [-0.05, 0) is 67.6 Å². The van der Waals surface area contributed by atoms with Crippen molar-refractivity contribution in [2.75, 3.05) is 13.2 Å². The van der Waals surface area contributed by atoms with Crippen LogP contribution < -0.4 is 0 Å². The third-order valence-electron chi connectivity index (χ3n) is 14.3. The summed E-state index contributed by atoms with van der Waals surface area (Å²) in [6.45, 7) is 7.57. The molecule has 3 heterocycles. The number of hydrogen-bond acceptors (Lipinski definition) is 12. The number of aliphatic hydroxyl groups is 7. The van der Waals surface area contributed by atoms with Gasteiger partial charge in [0.1, 0.15) is 42.2 Å². The van der Waals surface area contributed by atoms with E-state index in [2.05, 4.69) is 13.8 Å². The summed E-state index contributed by atoms with van der Waals surface area (Å²) in [5.74, 6) is 0.563. The predicted molar refractivity (Wildman–Crippen MR) is 160 cm³/mol. The summed E-state index contributed by atoms with van der Waals surface area (Å²) in [5, 5.41) is 74.5. The molecule has 6 fully saturated rings. The van der Waals surface area contributed by atoms with Crippen LogP contribution in [0.4, 0.5) is 0 Å². The van der Waals surface area contributed by atoms with Crippen LogP contribution in [0.5, 0.6) is 0 Å². The number of esters is 1. The van der Waals surface area contributed by atoms with Gasteiger partial charge < -0.3 is 54.7 Å². The van der Waals surface area contributed by atoms with Crippen LogP contribution in [-0.4, -0.2) is 122 Å². The monoisotopic (exact) mass is 652 g/mol. The summed E-state index contributed by atoms with van der Waals surface area (Å²) < 4.78 is 23.9. The molecule has 7 aliphatic rings. The molecule has 0 bridgehead atoms. The molecular formula is C34H52O12. The van der Waals surface area contributed by atoms with Crippen LogP contribution in [0.1, 0.15) is 72.6 Å². The Morgan fingerprint density at radius 2 is 1.74 bits per heavy atom. The molecule has 0 aromatic carbocycles. The molecule has 7 rings (SSSR count). The highest BCUT2D eigenvalue weighted by Gasteiger charge is 2.78. The van der Waals surface area contributed by atoms with Gasteiger partial charge in [0, 0.05) is 24.7 Å². The fourth-order valence-electron chi connectivity index (χ4n) is 11.6. The summed E-state index contributed by atoms with van der Waals surface area (Å²) in [7, 11) is 0. The highest BCUT2D eigenvalue weighted by atomic mass is 16.7. The van der Waals surface area contributed by atoms with Crippen molar-refractivity contribution in [1.82, 2.24) is 0 Å². The van der Waals surface area contributed by atoms with Gasteiger partial charge in [0.2, 0.25) is 0 Å². The molecule has 3 aliphatic heterocycles. The lowest BCUT2D eigenvalue weighted by molar-refractivity contribution is -0.329. The smallest absolute Gasteiger partial charge is 0.336 e. The Morgan fingerprint density at radius 1 is 1.00 bits per heavy atom. The first-order chi connectivity index (χ1) is 21.7. The average Bonchev–Trinajstić information content (AvgIpc) is 3.74. The van der Waals surface area contributed by atoms with Crippen molar-refractivity contribution in [3.05, 3.63) is 11.1 Å². The summed E-state index contributed by atoms with van der Waals surface area (Å²) in [4.78, 5) is 12.6. The van der Waals surface area contributed by atoms with Gasteiger partial charge in [0.15, 0.2) is 6.29 Å². The molecule has 2 saturated heterocycles. The number of aliphatic hydroxyl groups excluding tert-OH is 6. The molecule has 4 aliphatic carbocycles. The quantitative estimate of drug-likeness (QED) is 0.117. The fraction of sp³-hybridized carbons (Fsp3) is 0.912. The van der Waals surface area contributed by atoms with Crippen LogP contribution in [0.3, 0.4) is 0 Å². The number of fused-ring (bicyclic) bond motifs is 8. The third-order valence-corrected chi connectivity index (χ3v) is 14.3. The van der Waals surface area contributed by atoms with Gasteiger partial charge in [0.25, 0.3) is 0 Å². The number of cyclic esters (lactones) is 1. The highest BCUT2D eigenvalue weighted by Crippen LogP contribution is 2.73. The minimum Gasteiger partial charge on any atom is -0.458 e. The molecule has 46 heavy (non-hydrogen) atoms. The summed E-state index contributed by atoms with van der Waals surface area (Å²) >= 11 is 0. The minimum atomic E-state index is -1.58. The number of epoxide rings is 1. The molecule has 18 atom stereocenters. The molecule has 0 amide bonds. The van der Waals surface area contributed by atoms with E-state index in [4.69, 9.17) is 18.9 Å². The zero-order chi connectivity index (χ0) is 33.1. The van der Waals surface area contributed by atoms with Gasteiger partial charge in [-0.1, -0.05) is 26.3 Å². The van der Waals surface area contributed by atoms with Crippen molar-refractivity contribution in [1.29, 1.82) is 0 Å². The van der Waals surface area contributed by atoms with Gasteiger partial charge >= 0.3 is 5.97 Å². The van der Waals surface area contributed by atoms with Gasteiger partial charge in [-0.15, -0.1) is 0 Å². The van der Waals surface area contributed by atoms with Gasteiger partial charge in [-0.3, -0.25) is 0 Å². The van der Waals surface area contributed by atoms with Crippen molar-refractivity contribution in [2.24, 2.45) is 40.4 Å². The standard InChI is InChI=1S/C34H52O12/c1-14-9-21(44-30(41)17(14)12-35)15(2)18-5-6-19-24-20(7-8-32(18,19)3)33(4)23(37)10-16(11-34(33,42)29-28(24)46-29)43-31-27(40)26(39)25(38)22(13-36)45-31/h15-16,18-29,31,35-40,42H,5-13H2,1-4H3/t15-,16+,18+,19-,20-,21+,22-,23+,24+,25+,26-,27-,28-,29-,31+,32-,33+,34+/m1/s1. The Balaban J connectivity index is 1.09. The molecule has 4 saturated carbocycles. The Hall–Kier alpha value is -1.19. The van der Waals surface area contributed by atoms with Crippen LogP contribution in [0.25, 0.3) is 0 Å². The SMILES string of the molecule is CC1=C(CO)C(=O)O[C@H]([C@H](C)[C@@H]2CC[C@@H]3[C@@H]4[C@H]5O[C@H]5[C@@]5(O)C[C@@H](O[C@H]6O[C@H](CO)[C@H](O)[C@@H](O)[C@H]6O)C[C@H](O)[C@]5(C)[C@@H]4CC[C@@]32C)C1. The van der Waals surface area contributed by atoms with Crippen LogP contribution >= 0.6 is 0 Å². The maximum atomic E-state index is 12.6. The van der Waals surface area contributed by atoms with E-state index in [-0.39, 0.29) is 54.8 Å². The average molecular weight is 653 g/mol. The zero-order valence-electron chi connectivity index (χ0n) is 27.2. The van der Waals surface area contributed by atoms with E-state index in [0.29, 0.717) is 23.8 Å². The second kappa shape index (κ2) is 11.4. The van der Waals surface area contributed by atoms with Gasteiger partial charge in [-0.25, -0.2) is 4.79 Å². The molecule has 0 radical (unpaired) electrons. The molecule has 0 spiro atoms. The normalized spacial score (nSPS) is 55.5. The second-order valence-corrected chi connectivity index (χ2v) is 16.1. The van der Waals surface area contributed by atoms with Crippen molar-refractivity contribution < 1.29 is 59.5 Å². The van der Waals surface area contributed by atoms with Crippen molar-refractivity contribution >= 4 is 5.97 Å². The minimum absolute atomic E-state index is 0.0152. The largest absolute Gasteiger partial charge is 0.458 e. The molecule has 0 aromatic rings. The van der Waals surface area contributed by atoms with E-state index in [0.717, 1.165) is 31.3 Å². The lowest BCUT2D eigenvalue weighted by Crippen LogP contribution is -2.71. The molecule has 12 heteroatoms. The van der Waals surface area contributed by atoms with Crippen LogP contribution in [0.15, 0.2) is 11.1 Å². The molecule has 12 nitrogen and oxygen atoms in total. The number of rotatable bonds is 6.